The lowest BCUT2D eigenvalue weighted by Gasteiger charge is -2.29. The van der Waals surface area contributed by atoms with E-state index in [1.54, 1.807) is 0 Å². The third-order valence-corrected chi connectivity index (χ3v) is 2.05. The summed E-state index contributed by atoms with van der Waals surface area (Å²) in [4.78, 5) is 18.6. The van der Waals surface area contributed by atoms with Crippen molar-refractivity contribution in [3.8, 4) is 0 Å². The van der Waals surface area contributed by atoms with E-state index in [0.29, 0.717) is 5.96 Å². The molecule has 5 nitrogen and oxygen atoms in total. The fourth-order valence-electron chi connectivity index (χ4n) is 1.49. The van der Waals surface area contributed by atoms with Crippen LogP contribution < -0.4 is 0 Å². The molecule has 3 aliphatic heterocycles. The van der Waals surface area contributed by atoms with Crippen molar-refractivity contribution in [3.63, 3.8) is 0 Å². The Morgan fingerprint density at radius 1 is 1.29 bits per heavy atom. The first-order chi connectivity index (χ1) is 6.84. The van der Waals surface area contributed by atoms with Crippen molar-refractivity contribution in [2.75, 3.05) is 0 Å². The lowest BCUT2D eigenvalue weighted by molar-refractivity contribution is 0.711. The molecule has 0 bridgehead atoms. The smallest absolute Gasteiger partial charge is 0.240 e. The number of aliphatic imine (C=N–C) groups is 4. The molecule has 3 heterocycles. The molecule has 0 aromatic carbocycles. The van der Waals surface area contributed by atoms with Crippen molar-refractivity contribution in [2.45, 2.75) is 6.92 Å². The summed E-state index contributed by atoms with van der Waals surface area (Å²) in [7, 11) is 0. The van der Waals surface area contributed by atoms with Crippen molar-refractivity contribution < 1.29 is 0 Å². The van der Waals surface area contributed by atoms with Crippen LogP contribution in [0.1, 0.15) is 6.92 Å². The molecule has 0 saturated carbocycles. The number of allylic oxidation sites excluding steroid dienone is 2. The Morgan fingerprint density at radius 3 is 3.14 bits per heavy atom. The van der Waals surface area contributed by atoms with E-state index in [1.807, 2.05) is 30.1 Å². The zero-order chi connectivity index (χ0) is 9.54. The largest absolute Gasteiger partial charge is 0.246 e. The minimum Gasteiger partial charge on any atom is -0.246 e. The van der Waals surface area contributed by atoms with Gasteiger partial charge in [-0.25, -0.2) is 19.9 Å². The van der Waals surface area contributed by atoms with Crippen molar-refractivity contribution in [3.05, 3.63) is 24.0 Å². The summed E-state index contributed by atoms with van der Waals surface area (Å²) < 4.78 is 0. The first-order valence-electron chi connectivity index (χ1n) is 4.27. The third-order valence-electron chi connectivity index (χ3n) is 2.05. The number of guanidine groups is 1. The van der Waals surface area contributed by atoms with Gasteiger partial charge in [-0.15, -0.1) is 0 Å². The summed E-state index contributed by atoms with van der Waals surface area (Å²) in [6, 6.07) is 0. The van der Waals surface area contributed by atoms with Crippen LogP contribution in [0.15, 0.2) is 44.0 Å². The molecule has 3 rings (SSSR count). The highest BCUT2D eigenvalue weighted by Crippen LogP contribution is 2.20. The van der Waals surface area contributed by atoms with Crippen LogP contribution in [0, 0.1) is 0 Å². The van der Waals surface area contributed by atoms with Gasteiger partial charge in [-0.3, -0.25) is 0 Å². The predicted octanol–water partition coefficient (Wildman–Crippen LogP) is 0.928. The highest BCUT2D eigenvalue weighted by atomic mass is 15.4. The third kappa shape index (κ3) is 0.891. The second kappa shape index (κ2) is 2.47. The standard InChI is InChI=1S/C9H7N5/c1-6-12-8-4-2-3-7-10-5-11-9(13-6)14(7)8/h2-5H,1H3. The molecule has 14 heavy (non-hydrogen) atoms. The van der Waals surface area contributed by atoms with E-state index in [0.717, 1.165) is 17.5 Å². The second-order valence-corrected chi connectivity index (χ2v) is 3.02. The SMILES string of the molecule is CC1=NC2=CC=CC3=NC=NC(=N1)N23. The van der Waals surface area contributed by atoms with Crippen LogP contribution >= 0.6 is 0 Å². The van der Waals surface area contributed by atoms with Crippen LogP contribution in [0.3, 0.4) is 0 Å². The molecule has 0 aliphatic carbocycles. The van der Waals surface area contributed by atoms with Crippen molar-refractivity contribution in [1.82, 2.24) is 4.90 Å². The summed E-state index contributed by atoms with van der Waals surface area (Å²) in [6.45, 7) is 1.85. The Kier molecular flexibility index (Phi) is 1.30. The molecular weight excluding hydrogens is 178 g/mol. The van der Waals surface area contributed by atoms with Gasteiger partial charge in [0, 0.05) is 0 Å². The Hall–Kier alpha value is -2.04. The van der Waals surface area contributed by atoms with Crippen LogP contribution in [0.2, 0.25) is 0 Å². The van der Waals surface area contributed by atoms with Gasteiger partial charge in [-0.2, -0.15) is 4.99 Å². The van der Waals surface area contributed by atoms with Crippen LogP contribution in [0.25, 0.3) is 0 Å². The molecule has 0 aromatic heterocycles. The van der Waals surface area contributed by atoms with Crippen molar-refractivity contribution in [1.29, 1.82) is 0 Å². The normalized spacial score (nSPS) is 22.2. The van der Waals surface area contributed by atoms with E-state index in [4.69, 9.17) is 0 Å². The number of nitrogens with zero attached hydrogens (tertiary/aromatic N) is 5. The van der Waals surface area contributed by atoms with Crippen LogP contribution in [-0.4, -0.2) is 28.9 Å². The van der Waals surface area contributed by atoms with Gasteiger partial charge in [-0.05, 0) is 19.1 Å². The van der Waals surface area contributed by atoms with Gasteiger partial charge in [0.25, 0.3) is 0 Å². The minimum absolute atomic E-state index is 0.637. The van der Waals surface area contributed by atoms with Crippen molar-refractivity contribution >= 4 is 24.0 Å². The molecule has 0 amide bonds. The van der Waals surface area contributed by atoms with Gasteiger partial charge < -0.3 is 0 Å². The summed E-state index contributed by atoms with van der Waals surface area (Å²) in [5.74, 6) is 2.99. The summed E-state index contributed by atoms with van der Waals surface area (Å²) in [5.41, 5.74) is 0. The summed E-state index contributed by atoms with van der Waals surface area (Å²) in [6.07, 6.45) is 7.25. The number of amidine groups is 2. The molecular formula is C9H7N5. The molecule has 0 N–H and O–H groups in total. The first-order valence-corrected chi connectivity index (χ1v) is 4.27. The van der Waals surface area contributed by atoms with Crippen molar-refractivity contribution in [2.24, 2.45) is 20.0 Å². The van der Waals surface area contributed by atoms with Gasteiger partial charge >= 0.3 is 0 Å². The topological polar surface area (TPSA) is 52.7 Å². The Balaban J connectivity index is 2.23. The maximum Gasteiger partial charge on any atom is 0.240 e. The lowest BCUT2D eigenvalue weighted by Crippen LogP contribution is -2.39. The molecule has 68 valence electrons. The zero-order valence-corrected chi connectivity index (χ0v) is 7.55. The number of hydrogen-bond acceptors (Lipinski definition) is 5. The maximum absolute atomic E-state index is 4.30. The molecule has 0 saturated heterocycles. The highest BCUT2D eigenvalue weighted by Gasteiger charge is 2.26. The Labute approximate surface area is 80.6 Å². The average Bonchev–Trinajstić information content (AvgIpc) is 2.18. The molecule has 3 aliphatic rings. The molecule has 5 heteroatoms. The van der Waals surface area contributed by atoms with E-state index in [1.165, 1.54) is 6.34 Å². The van der Waals surface area contributed by atoms with Gasteiger partial charge in [-0.1, -0.05) is 6.08 Å². The Morgan fingerprint density at radius 2 is 2.21 bits per heavy atom. The highest BCUT2D eigenvalue weighted by molar-refractivity contribution is 6.17. The van der Waals surface area contributed by atoms with E-state index in [2.05, 4.69) is 20.0 Å². The van der Waals surface area contributed by atoms with Crippen LogP contribution in [0.4, 0.5) is 0 Å². The van der Waals surface area contributed by atoms with Crippen LogP contribution in [-0.2, 0) is 0 Å². The van der Waals surface area contributed by atoms with Gasteiger partial charge in [0.15, 0.2) is 0 Å². The minimum atomic E-state index is 0.637. The fraction of sp³-hybridized carbons (Fsp3) is 0.111. The molecule has 0 spiro atoms. The average molecular weight is 185 g/mol. The summed E-state index contributed by atoms with van der Waals surface area (Å²) in [5, 5.41) is 0. The second-order valence-electron chi connectivity index (χ2n) is 3.02. The predicted molar refractivity (Wildman–Crippen MR) is 55.5 cm³/mol. The van der Waals surface area contributed by atoms with Crippen LogP contribution in [0.5, 0.6) is 0 Å². The molecule has 0 unspecified atom stereocenters. The van der Waals surface area contributed by atoms with E-state index in [9.17, 15) is 0 Å². The number of rotatable bonds is 0. The van der Waals surface area contributed by atoms with E-state index < -0.39 is 0 Å². The lowest BCUT2D eigenvalue weighted by atomic mass is 10.3. The van der Waals surface area contributed by atoms with E-state index >= 15 is 0 Å². The fourth-order valence-corrected chi connectivity index (χ4v) is 1.49. The van der Waals surface area contributed by atoms with Gasteiger partial charge in [0.05, 0.1) is 0 Å². The Bertz CT molecular complexity index is 473. The molecule has 0 radical (unpaired) electrons. The molecule has 0 atom stereocenters. The first kappa shape index (κ1) is 7.37. The quantitative estimate of drug-likeness (QED) is 0.553. The monoisotopic (exact) mass is 185 g/mol. The van der Waals surface area contributed by atoms with Gasteiger partial charge in [0.2, 0.25) is 5.96 Å². The summed E-state index contributed by atoms with van der Waals surface area (Å²) >= 11 is 0. The zero-order valence-electron chi connectivity index (χ0n) is 7.55. The maximum atomic E-state index is 4.30. The number of hydrogen-bond donors (Lipinski definition) is 0. The van der Waals surface area contributed by atoms with E-state index in [-0.39, 0.29) is 0 Å². The molecule has 0 aromatic rings. The molecule has 0 fully saturated rings. The van der Waals surface area contributed by atoms with Gasteiger partial charge in [0.1, 0.15) is 23.8 Å².